The average molecular weight is 461 g/mol. The molecular weight excluding hydrogens is 440 g/mol. The molecule has 0 fully saturated rings. The van der Waals surface area contributed by atoms with Gasteiger partial charge >= 0.3 is 0 Å². The molecule has 0 saturated carbocycles. The summed E-state index contributed by atoms with van der Waals surface area (Å²) in [4.78, 5) is 15.8. The van der Waals surface area contributed by atoms with Crippen LogP contribution in [0.4, 0.5) is 0 Å². The number of fused-ring (bicyclic) bond motifs is 1. The first-order valence-corrected chi connectivity index (χ1v) is 12.2. The van der Waals surface area contributed by atoms with Crippen molar-refractivity contribution in [2.24, 2.45) is 0 Å². The Bertz CT molecular complexity index is 1190. The first-order valence-electron chi connectivity index (χ1n) is 9.50. The highest BCUT2D eigenvalue weighted by Gasteiger charge is 2.29. The normalized spacial score (nSPS) is 14.3. The molecule has 1 aromatic heterocycles. The third-order valence-electron chi connectivity index (χ3n) is 5.20. The monoisotopic (exact) mass is 460 g/mol. The van der Waals surface area contributed by atoms with Crippen LogP contribution in [0.2, 0.25) is 5.02 Å². The maximum absolute atomic E-state index is 13.2. The number of hydrogen-bond acceptors (Lipinski definition) is 4. The molecule has 0 N–H and O–H groups in total. The number of halogens is 1. The Kier molecular flexibility index (Phi) is 5.97. The summed E-state index contributed by atoms with van der Waals surface area (Å²) >= 11 is 7.86. The zero-order chi connectivity index (χ0) is 21.3. The van der Waals surface area contributed by atoms with Gasteiger partial charge in [0, 0.05) is 42.1 Å². The molecule has 4 rings (SSSR count). The zero-order valence-electron chi connectivity index (χ0n) is 16.4. The lowest BCUT2D eigenvalue weighted by Gasteiger charge is -2.26. The van der Waals surface area contributed by atoms with Gasteiger partial charge in [0.05, 0.1) is 4.90 Å². The molecule has 1 aliphatic heterocycles. The Morgan fingerprint density at radius 3 is 2.77 bits per heavy atom. The van der Waals surface area contributed by atoms with Gasteiger partial charge in [0.15, 0.2) is 0 Å². The van der Waals surface area contributed by atoms with E-state index in [9.17, 15) is 13.2 Å². The van der Waals surface area contributed by atoms with E-state index >= 15 is 0 Å². The van der Waals surface area contributed by atoms with Crippen molar-refractivity contribution < 1.29 is 13.2 Å². The maximum Gasteiger partial charge on any atom is 0.253 e. The predicted molar refractivity (Wildman–Crippen MR) is 119 cm³/mol. The van der Waals surface area contributed by atoms with Gasteiger partial charge in [-0.1, -0.05) is 35.9 Å². The Morgan fingerprint density at radius 2 is 1.97 bits per heavy atom. The van der Waals surface area contributed by atoms with Crippen LogP contribution in [-0.4, -0.2) is 37.1 Å². The van der Waals surface area contributed by atoms with Crippen LogP contribution in [0.1, 0.15) is 26.4 Å². The minimum Gasteiger partial charge on any atom is -0.337 e. The van der Waals surface area contributed by atoms with E-state index in [-0.39, 0.29) is 10.8 Å². The van der Waals surface area contributed by atoms with Crippen LogP contribution >= 0.6 is 22.9 Å². The van der Waals surface area contributed by atoms with Gasteiger partial charge in [-0.25, -0.2) is 8.42 Å². The van der Waals surface area contributed by atoms with Crippen LogP contribution in [0.5, 0.6) is 0 Å². The van der Waals surface area contributed by atoms with Gasteiger partial charge in [0.1, 0.15) is 0 Å². The molecule has 0 aliphatic carbocycles. The molecule has 1 amide bonds. The number of sulfonamides is 1. The lowest BCUT2D eigenvalue weighted by Crippen LogP contribution is -2.35. The zero-order valence-corrected chi connectivity index (χ0v) is 18.8. The van der Waals surface area contributed by atoms with Gasteiger partial charge in [0.2, 0.25) is 10.0 Å². The summed E-state index contributed by atoms with van der Waals surface area (Å²) in [5, 5.41) is 2.58. The maximum atomic E-state index is 13.2. The van der Waals surface area contributed by atoms with Crippen molar-refractivity contribution in [1.29, 1.82) is 0 Å². The number of carbonyl (C=O) groups is 1. The summed E-state index contributed by atoms with van der Waals surface area (Å²) in [6.45, 7) is 1.15. The number of benzene rings is 2. The van der Waals surface area contributed by atoms with Crippen molar-refractivity contribution in [3.05, 3.63) is 86.6 Å². The molecular formula is C22H21ClN2O3S2. The largest absolute Gasteiger partial charge is 0.337 e. The topological polar surface area (TPSA) is 57.7 Å². The predicted octanol–water partition coefficient (Wildman–Crippen LogP) is 4.42. The van der Waals surface area contributed by atoms with Crippen molar-refractivity contribution in [2.75, 3.05) is 13.6 Å². The van der Waals surface area contributed by atoms with Crippen molar-refractivity contribution in [3.63, 3.8) is 0 Å². The van der Waals surface area contributed by atoms with Crippen LogP contribution in [0.3, 0.4) is 0 Å². The van der Waals surface area contributed by atoms with E-state index in [1.165, 1.54) is 20.1 Å². The number of rotatable bonds is 5. The van der Waals surface area contributed by atoms with E-state index in [1.54, 1.807) is 42.6 Å². The third-order valence-corrected chi connectivity index (χ3v) is 8.44. The van der Waals surface area contributed by atoms with E-state index in [2.05, 4.69) is 0 Å². The van der Waals surface area contributed by atoms with Crippen molar-refractivity contribution in [3.8, 4) is 0 Å². The van der Waals surface area contributed by atoms with Crippen molar-refractivity contribution >= 4 is 38.9 Å². The molecule has 8 heteroatoms. The first-order chi connectivity index (χ1) is 14.4. The SMILES string of the molecule is CN(Cc1ccccc1Cl)C(=O)c1cccc(S(=O)(=O)N2CCc3sccc3C2)c1. The summed E-state index contributed by atoms with van der Waals surface area (Å²) in [6.07, 6.45) is 0.714. The fraction of sp³-hybridized carbons (Fsp3) is 0.227. The molecule has 0 spiro atoms. The quantitative estimate of drug-likeness (QED) is 0.566. The number of amides is 1. The van der Waals surface area contributed by atoms with Crippen LogP contribution in [0, 0.1) is 0 Å². The molecule has 0 unspecified atom stereocenters. The summed E-state index contributed by atoms with van der Waals surface area (Å²) < 4.78 is 27.9. The Labute approximate surface area is 185 Å². The smallest absolute Gasteiger partial charge is 0.253 e. The number of nitrogens with zero attached hydrogens (tertiary/aromatic N) is 2. The first kappa shape index (κ1) is 21.1. The molecule has 1 aliphatic rings. The minimum absolute atomic E-state index is 0.137. The molecule has 5 nitrogen and oxygen atoms in total. The van der Waals surface area contributed by atoms with E-state index in [0.717, 1.165) is 11.1 Å². The lowest BCUT2D eigenvalue weighted by molar-refractivity contribution is 0.0785. The Morgan fingerprint density at radius 1 is 1.17 bits per heavy atom. The molecule has 0 bridgehead atoms. The fourth-order valence-electron chi connectivity index (χ4n) is 3.54. The van der Waals surface area contributed by atoms with Gasteiger partial charge in [-0.15, -0.1) is 11.3 Å². The number of hydrogen-bond donors (Lipinski definition) is 0. The average Bonchev–Trinajstić information content (AvgIpc) is 3.23. The lowest BCUT2D eigenvalue weighted by atomic mass is 10.1. The van der Waals surface area contributed by atoms with Crippen molar-refractivity contribution in [2.45, 2.75) is 24.4 Å². The fourth-order valence-corrected chi connectivity index (χ4v) is 6.09. The van der Waals surface area contributed by atoms with Crippen LogP contribution in [0.25, 0.3) is 0 Å². The van der Waals surface area contributed by atoms with Crippen LogP contribution in [0.15, 0.2) is 64.9 Å². The highest BCUT2D eigenvalue weighted by molar-refractivity contribution is 7.89. The van der Waals surface area contributed by atoms with Gasteiger partial charge in [-0.3, -0.25) is 4.79 Å². The van der Waals surface area contributed by atoms with Gasteiger partial charge in [0.25, 0.3) is 5.91 Å². The molecule has 2 heterocycles. The van der Waals surface area contributed by atoms with E-state index in [4.69, 9.17) is 11.6 Å². The van der Waals surface area contributed by atoms with Gasteiger partial charge in [-0.05, 0) is 53.3 Å². The third kappa shape index (κ3) is 4.16. The summed E-state index contributed by atoms with van der Waals surface area (Å²) in [7, 11) is -2.01. The Balaban J connectivity index is 1.55. The molecule has 30 heavy (non-hydrogen) atoms. The highest BCUT2D eigenvalue weighted by Crippen LogP contribution is 2.28. The van der Waals surface area contributed by atoms with Gasteiger partial charge in [-0.2, -0.15) is 4.31 Å². The second-order valence-corrected chi connectivity index (χ2v) is 10.6. The van der Waals surface area contributed by atoms with E-state index in [1.807, 2.05) is 29.6 Å². The summed E-state index contributed by atoms with van der Waals surface area (Å²) in [6, 6.07) is 15.6. The molecule has 0 atom stereocenters. The highest BCUT2D eigenvalue weighted by atomic mass is 35.5. The van der Waals surface area contributed by atoms with Gasteiger partial charge < -0.3 is 4.90 Å². The molecule has 2 aromatic carbocycles. The van der Waals surface area contributed by atoms with Crippen LogP contribution < -0.4 is 0 Å². The molecule has 3 aromatic rings. The molecule has 0 radical (unpaired) electrons. The Hall–Kier alpha value is -2.19. The number of carbonyl (C=O) groups excluding carboxylic acids is 1. The molecule has 156 valence electrons. The summed E-state index contributed by atoms with van der Waals surface area (Å²) in [5.74, 6) is -0.259. The van der Waals surface area contributed by atoms with Crippen LogP contribution in [-0.2, 0) is 29.5 Å². The van der Waals surface area contributed by atoms with E-state index in [0.29, 0.717) is 36.6 Å². The second-order valence-electron chi connectivity index (χ2n) is 7.24. The standard InChI is InChI=1S/C22H21ClN2O3S2/c1-24(14-17-5-2-3-8-20(17)23)22(26)16-6-4-7-19(13-16)30(27,28)25-11-9-21-18(15-25)10-12-29-21/h2-8,10,12-13H,9,11,14-15H2,1H3. The van der Waals surface area contributed by atoms with Crippen molar-refractivity contribution in [1.82, 2.24) is 9.21 Å². The second kappa shape index (κ2) is 8.51. The minimum atomic E-state index is -3.68. The number of thiophene rings is 1. The summed E-state index contributed by atoms with van der Waals surface area (Å²) in [5.41, 5.74) is 2.22. The van der Waals surface area contributed by atoms with E-state index < -0.39 is 10.0 Å². The molecule has 0 saturated heterocycles.